The van der Waals surface area contributed by atoms with E-state index in [1.807, 2.05) is 26.0 Å². The molecule has 1 N–H and O–H groups in total. The van der Waals surface area contributed by atoms with Crippen LogP contribution in [0.25, 0.3) is 6.08 Å². The van der Waals surface area contributed by atoms with Crippen LogP contribution in [0.4, 0.5) is 0 Å². The number of aryl methyl sites for hydroxylation is 2. The summed E-state index contributed by atoms with van der Waals surface area (Å²) >= 11 is 5.95. The molecule has 6 heteroatoms. The summed E-state index contributed by atoms with van der Waals surface area (Å²) in [5.41, 5.74) is 2.25. The fourth-order valence-corrected chi connectivity index (χ4v) is 2.57. The van der Waals surface area contributed by atoms with E-state index in [-0.39, 0.29) is 6.61 Å². The monoisotopic (exact) mass is 371 g/mol. The van der Waals surface area contributed by atoms with E-state index in [0.29, 0.717) is 22.9 Å². The maximum atomic E-state index is 11.0. The average molecular weight is 372 g/mol. The number of nitrogens with zero attached hydrogens (tertiary/aromatic N) is 1. The van der Waals surface area contributed by atoms with Crippen molar-refractivity contribution in [2.75, 3.05) is 13.2 Å². The third-order valence-electron chi connectivity index (χ3n) is 3.43. The van der Waals surface area contributed by atoms with Crippen LogP contribution in [0, 0.1) is 25.2 Å². The molecule has 0 aliphatic rings. The summed E-state index contributed by atoms with van der Waals surface area (Å²) < 4.78 is 11.3. The maximum Gasteiger partial charge on any atom is 0.346 e. The largest absolute Gasteiger partial charge is 0.490 e. The number of hydrogen-bond acceptors (Lipinski definition) is 4. The highest BCUT2D eigenvalue weighted by Crippen LogP contribution is 2.25. The third kappa shape index (κ3) is 5.54. The molecule has 0 atom stereocenters. The summed E-state index contributed by atoms with van der Waals surface area (Å²) in [6, 6.07) is 12.4. The van der Waals surface area contributed by atoms with E-state index in [9.17, 15) is 4.79 Å². The molecule has 5 nitrogen and oxygen atoms in total. The van der Waals surface area contributed by atoms with Crippen molar-refractivity contribution in [3.8, 4) is 17.6 Å². The van der Waals surface area contributed by atoms with E-state index >= 15 is 0 Å². The minimum atomic E-state index is -1.31. The van der Waals surface area contributed by atoms with Crippen LogP contribution in [-0.2, 0) is 4.79 Å². The molecule has 2 aromatic rings. The van der Waals surface area contributed by atoms with Gasteiger partial charge in [-0.3, -0.25) is 0 Å². The summed E-state index contributed by atoms with van der Waals surface area (Å²) in [6.45, 7) is 4.57. The Labute approximate surface area is 157 Å². The summed E-state index contributed by atoms with van der Waals surface area (Å²) in [6.07, 6.45) is 1.23. The average Bonchev–Trinajstić information content (AvgIpc) is 2.56. The molecule has 0 unspecified atom stereocenters. The molecule has 26 heavy (non-hydrogen) atoms. The number of hydrogen-bond donors (Lipinski definition) is 1. The van der Waals surface area contributed by atoms with Gasteiger partial charge in [-0.25, -0.2) is 4.79 Å². The molecule has 2 aromatic carbocycles. The number of carboxylic acid groups (broad SMARTS) is 1. The molecule has 0 fully saturated rings. The number of ether oxygens (including phenoxy) is 2. The Morgan fingerprint density at radius 1 is 1.15 bits per heavy atom. The van der Waals surface area contributed by atoms with Gasteiger partial charge in [-0.2, -0.15) is 5.26 Å². The Balaban J connectivity index is 2.05. The van der Waals surface area contributed by atoms with E-state index in [1.165, 1.54) is 6.08 Å². The SMILES string of the molecule is Cc1cc(C)cc(OCCOc2ccc(Cl)cc2C=C(C#N)C(=O)O)c1. The summed E-state index contributed by atoms with van der Waals surface area (Å²) in [4.78, 5) is 11.0. The number of halogens is 1. The smallest absolute Gasteiger partial charge is 0.346 e. The normalized spacial score (nSPS) is 10.9. The van der Waals surface area contributed by atoms with E-state index in [0.717, 1.165) is 16.9 Å². The summed E-state index contributed by atoms with van der Waals surface area (Å²) in [5.74, 6) is -0.121. The van der Waals surface area contributed by atoms with E-state index in [1.54, 1.807) is 24.3 Å². The van der Waals surface area contributed by atoms with Crippen molar-refractivity contribution >= 4 is 23.6 Å². The van der Waals surface area contributed by atoms with Crippen LogP contribution in [0.15, 0.2) is 42.0 Å². The standard InChI is InChI=1S/C20H18ClNO4/c1-13-7-14(2)9-18(8-13)25-5-6-26-19-4-3-17(21)11-15(19)10-16(12-22)20(23)24/h3-4,7-11H,5-6H2,1-2H3,(H,23,24). The van der Waals surface area contributed by atoms with Crippen molar-refractivity contribution in [1.82, 2.24) is 0 Å². The molecule has 0 aromatic heterocycles. The molecule has 0 radical (unpaired) electrons. The Morgan fingerprint density at radius 3 is 2.42 bits per heavy atom. The number of carbonyl (C=O) groups is 1. The Kier molecular flexibility index (Phi) is 6.65. The number of aliphatic carboxylic acids is 1. The lowest BCUT2D eigenvalue weighted by molar-refractivity contribution is -0.132. The molecule has 0 bridgehead atoms. The van der Waals surface area contributed by atoms with Gasteiger partial charge in [0.2, 0.25) is 0 Å². The van der Waals surface area contributed by atoms with Crippen LogP contribution in [0.1, 0.15) is 16.7 Å². The molecule has 0 aliphatic carbocycles. The van der Waals surface area contributed by atoms with Crippen LogP contribution >= 0.6 is 11.6 Å². The third-order valence-corrected chi connectivity index (χ3v) is 3.66. The first kappa shape index (κ1) is 19.4. The molecular formula is C20H18ClNO4. The zero-order valence-corrected chi connectivity index (χ0v) is 15.2. The summed E-state index contributed by atoms with van der Waals surface area (Å²) in [5, 5.41) is 18.3. The minimum absolute atomic E-state index is 0.254. The van der Waals surface area contributed by atoms with Crippen molar-refractivity contribution in [1.29, 1.82) is 5.26 Å². The van der Waals surface area contributed by atoms with Gasteiger partial charge < -0.3 is 14.6 Å². The van der Waals surface area contributed by atoms with Gasteiger partial charge in [0.25, 0.3) is 0 Å². The van der Waals surface area contributed by atoms with Gasteiger partial charge >= 0.3 is 5.97 Å². The second-order valence-corrected chi connectivity index (χ2v) is 6.11. The molecule has 0 saturated heterocycles. The molecule has 0 saturated carbocycles. The predicted octanol–water partition coefficient (Wildman–Crippen LogP) is 4.41. The van der Waals surface area contributed by atoms with Crippen molar-refractivity contribution in [2.45, 2.75) is 13.8 Å². The Hall–Kier alpha value is -2.97. The lowest BCUT2D eigenvalue weighted by Crippen LogP contribution is -2.10. The second-order valence-electron chi connectivity index (χ2n) is 5.68. The van der Waals surface area contributed by atoms with Gasteiger partial charge in [0.05, 0.1) is 0 Å². The van der Waals surface area contributed by atoms with E-state index in [4.69, 9.17) is 31.4 Å². The van der Waals surface area contributed by atoms with Crippen molar-refractivity contribution in [2.24, 2.45) is 0 Å². The quantitative estimate of drug-likeness (QED) is 0.443. The Bertz CT molecular complexity index is 864. The highest BCUT2D eigenvalue weighted by Gasteiger charge is 2.10. The lowest BCUT2D eigenvalue weighted by Gasteiger charge is -2.12. The van der Waals surface area contributed by atoms with Gasteiger partial charge in [-0.1, -0.05) is 17.7 Å². The maximum absolute atomic E-state index is 11.0. The molecule has 0 heterocycles. The molecule has 0 aliphatic heterocycles. The number of carboxylic acids is 1. The predicted molar refractivity (Wildman–Crippen MR) is 99.6 cm³/mol. The zero-order valence-electron chi connectivity index (χ0n) is 14.5. The van der Waals surface area contributed by atoms with Gasteiger partial charge in [0.15, 0.2) is 0 Å². The van der Waals surface area contributed by atoms with Crippen LogP contribution in [0.2, 0.25) is 5.02 Å². The second kappa shape index (κ2) is 8.93. The van der Waals surface area contributed by atoms with Gasteiger partial charge in [-0.05, 0) is 61.4 Å². The van der Waals surface area contributed by atoms with Crippen molar-refractivity contribution < 1.29 is 19.4 Å². The van der Waals surface area contributed by atoms with Crippen molar-refractivity contribution in [3.63, 3.8) is 0 Å². The first-order valence-corrected chi connectivity index (χ1v) is 8.25. The number of nitriles is 1. The molecule has 0 spiro atoms. The highest BCUT2D eigenvalue weighted by atomic mass is 35.5. The zero-order chi connectivity index (χ0) is 19.1. The van der Waals surface area contributed by atoms with Gasteiger partial charge in [-0.15, -0.1) is 0 Å². The minimum Gasteiger partial charge on any atom is -0.490 e. The lowest BCUT2D eigenvalue weighted by atomic mass is 10.1. The van der Waals surface area contributed by atoms with E-state index in [2.05, 4.69) is 6.07 Å². The van der Waals surface area contributed by atoms with Gasteiger partial charge in [0.1, 0.15) is 36.4 Å². The first-order chi connectivity index (χ1) is 12.4. The molecular weight excluding hydrogens is 354 g/mol. The van der Waals surface area contributed by atoms with Crippen LogP contribution in [0.5, 0.6) is 11.5 Å². The fraction of sp³-hybridized carbons (Fsp3) is 0.200. The number of benzene rings is 2. The number of rotatable bonds is 7. The Morgan fingerprint density at radius 2 is 1.81 bits per heavy atom. The van der Waals surface area contributed by atoms with Crippen LogP contribution in [0.3, 0.4) is 0 Å². The van der Waals surface area contributed by atoms with Crippen LogP contribution < -0.4 is 9.47 Å². The first-order valence-electron chi connectivity index (χ1n) is 7.87. The highest BCUT2D eigenvalue weighted by molar-refractivity contribution is 6.30. The van der Waals surface area contributed by atoms with E-state index < -0.39 is 11.5 Å². The van der Waals surface area contributed by atoms with Gasteiger partial charge in [0, 0.05) is 10.6 Å². The van der Waals surface area contributed by atoms with Crippen LogP contribution in [-0.4, -0.2) is 24.3 Å². The topological polar surface area (TPSA) is 79.5 Å². The molecule has 0 amide bonds. The molecule has 2 rings (SSSR count). The summed E-state index contributed by atoms with van der Waals surface area (Å²) in [7, 11) is 0. The fourth-order valence-electron chi connectivity index (χ4n) is 2.39. The van der Waals surface area contributed by atoms with Crippen molar-refractivity contribution in [3.05, 3.63) is 63.7 Å². The molecule has 134 valence electrons.